The third-order valence-corrected chi connectivity index (χ3v) is 2.86. The van der Waals surface area contributed by atoms with Gasteiger partial charge in [-0.15, -0.1) is 0 Å². The molecule has 1 rings (SSSR count). The number of aryl methyl sites for hydroxylation is 1. The number of nitrogens with one attached hydrogen (secondary N) is 1. The van der Waals surface area contributed by atoms with Gasteiger partial charge in [0.1, 0.15) is 0 Å². The summed E-state index contributed by atoms with van der Waals surface area (Å²) in [4.78, 5) is 4.16. The molecule has 1 N–H and O–H groups in total. The minimum absolute atomic E-state index is 0.726. The molecule has 0 spiro atoms. The summed E-state index contributed by atoms with van der Waals surface area (Å²) in [5.41, 5.74) is 1.31. The van der Waals surface area contributed by atoms with Crippen LogP contribution in [0.25, 0.3) is 0 Å². The van der Waals surface area contributed by atoms with Gasteiger partial charge >= 0.3 is 0 Å². The Kier molecular flexibility index (Phi) is 5.88. The lowest BCUT2D eigenvalue weighted by atomic mass is 10.0. The molecule has 84 valence electrons. The van der Waals surface area contributed by atoms with Crippen molar-refractivity contribution in [3.05, 3.63) is 28.5 Å². The second-order valence-electron chi connectivity index (χ2n) is 3.96. The van der Waals surface area contributed by atoms with Gasteiger partial charge in [0.2, 0.25) is 0 Å². The molecule has 1 aromatic heterocycles. The average molecular weight is 271 g/mol. The second-order valence-corrected chi connectivity index (χ2v) is 4.88. The van der Waals surface area contributed by atoms with Crippen LogP contribution in [-0.2, 0) is 6.42 Å². The van der Waals surface area contributed by atoms with Crippen LogP contribution in [0.1, 0.15) is 25.8 Å². The predicted octanol–water partition coefficient (Wildman–Crippen LogP) is 3.02. The zero-order valence-corrected chi connectivity index (χ0v) is 11.0. The van der Waals surface area contributed by atoms with Crippen molar-refractivity contribution in [3.63, 3.8) is 0 Å². The first kappa shape index (κ1) is 12.7. The van der Waals surface area contributed by atoms with E-state index in [0.717, 1.165) is 29.9 Å². The summed E-state index contributed by atoms with van der Waals surface area (Å²) in [6, 6.07) is 2.15. The van der Waals surface area contributed by atoms with Crippen LogP contribution >= 0.6 is 15.9 Å². The molecule has 3 heteroatoms. The summed E-state index contributed by atoms with van der Waals surface area (Å²) in [7, 11) is 0. The van der Waals surface area contributed by atoms with E-state index in [-0.39, 0.29) is 0 Å². The highest BCUT2D eigenvalue weighted by Crippen LogP contribution is 2.13. The van der Waals surface area contributed by atoms with Gasteiger partial charge < -0.3 is 5.32 Å². The molecule has 1 unspecified atom stereocenters. The molecule has 15 heavy (non-hydrogen) atoms. The van der Waals surface area contributed by atoms with E-state index in [2.05, 4.69) is 46.1 Å². The predicted molar refractivity (Wildman–Crippen MR) is 68.0 cm³/mol. The molecule has 1 heterocycles. The van der Waals surface area contributed by atoms with Gasteiger partial charge in [-0.05, 0) is 59.4 Å². The van der Waals surface area contributed by atoms with Gasteiger partial charge in [-0.3, -0.25) is 4.98 Å². The number of hydrogen-bond donors (Lipinski definition) is 1. The summed E-state index contributed by atoms with van der Waals surface area (Å²) in [6.07, 6.45) is 6.10. The van der Waals surface area contributed by atoms with E-state index in [9.17, 15) is 0 Å². The largest absolute Gasteiger partial charge is 0.317 e. The molecule has 0 radical (unpaired) electrons. The van der Waals surface area contributed by atoms with Crippen molar-refractivity contribution in [1.82, 2.24) is 10.3 Å². The van der Waals surface area contributed by atoms with Gasteiger partial charge in [0.05, 0.1) is 0 Å². The Morgan fingerprint density at radius 2 is 2.27 bits per heavy atom. The lowest BCUT2D eigenvalue weighted by Gasteiger charge is -2.11. The summed E-state index contributed by atoms with van der Waals surface area (Å²) in [5, 5.41) is 3.37. The van der Waals surface area contributed by atoms with Crippen LogP contribution < -0.4 is 5.32 Å². The molecule has 0 amide bonds. The lowest BCUT2D eigenvalue weighted by molar-refractivity contribution is 0.489. The van der Waals surface area contributed by atoms with Crippen LogP contribution in [0.5, 0.6) is 0 Å². The topological polar surface area (TPSA) is 24.9 Å². The molecule has 1 atom stereocenters. The van der Waals surface area contributed by atoms with Crippen molar-refractivity contribution in [3.8, 4) is 0 Å². The highest BCUT2D eigenvalue weighted by Gasteiger charge is 2.02. The molecule has 0 bridgehead atoms. The van der Waals surface area contributed by atoms with Crippen LogP contribution in [0.3, 0.4) is 0 Å². The first-order chi connectivity index (χ1) is 7.22. The summed E-state index contributed by atoms with van der Waals surface area (Å²) < 4.78 is 1.07. The van der Waals surface area contributed by atoms with E-state index in [1.807, 2.05) is 12.4 Å². The Bertz CT molecular complexity index is 289. The standard InChI is InChI=1S/C12H19BrN2/c1-3-14-7-10(2)4-5-11-6-12(13)9-15-8-11/h6,8-10,14H,3-5,7H2,1-2H3. The average Bonchev–Trinajstić information content (AvgIpc) is 2.23. The van der Waals surface area contributed by atoms with Gasteiger partial charge in [0.25, 0.3) is 0 Å². The van der Waals surface area contributed by atoms with E-state index < -0.39 is 0 Å². The molecule has 0 aliphatic heterocycles. The zero-order chi connectivity index (χ0) is 11.1. The molecule has 1 aromatic rings. The molecule has 0 aromatic carbocycles. The third-order valence-electron chi connectivity index (χ3n) is 2.43. The summed E-state index contributed by atoms with van der Waals surface area (Å²) in [5.74, 6) is 0.726. The van der Waals surface area contributed by atoms with Crippen molar-refractivity contribution in [2.24, 2.45) is 5.92 Å². The molecule has 0 saturated heterocycles. The van der Waals surface area contributed by atoms with Crippen LogP contribution in [0.2, 0.25) is 0 Å². The minimum atomic E-state index is 0.726. The Morgan fingerprint density at radius 3 is 2.93 bits per heavy atom. The first-order valence-electron chi connectivity index (χ1n) is 5.52. The molecular weight excluding hydrogens is 252 g/mol. The molecule has 2 nitrogen and oxygen atoms in total. The number of pyridine rings is 1. The zero-order valence-electron chi connectivity index (χ0n) is 9.46. The third kappa shape index (κ3) is 5.28. The fraction of sp³-hybridized carbons (Fsp3) is 0.583. The van der Waals surface area contributed by atoms with E-state index in [4.69, 9.17) is 0 Å². The monoisotopic (exact) mass is 270 g/mol. The normalized spacial score (nSPS) is 12.7. The number of nitrogens with zero attached hydrogens (tertiary/aromatic N) is 1. The molecular formula is C12H19BrN2. The van der Waals surface area contributed by atoms with E-state index >= 15 is 0 Å². The fourth-order valence-corrected chi connectivity index (χ4v) is 1.91. The Hall–Kier alpha value is -0.410. The van der Waals surface area contributed by atoms with Crippen molar-refractivity contribution >= 4 is 15.9 Å². The quantitative estimate of drug-likeness (QED) is 0.860. The maximum atomic E-state index is 4.16. The second kappa shape index (κ2) is 6.96. The Morgan fingerprint density at radius 1 is 1.47 bits per heavy atom. The number of hydrogen-bond acceptors (Lipinski definition) is 2. The van der Waals surface area contributed by atoms with Gasteiger partial charge in [-0.1, -0.05) is 13.8 Å². The number of aromatic nitrogens is 1. The summed E-state index contributed by atoms with van der Waals surface area (Å²) >= 11 is 3.44. The minimum Gasteiger partial charge on any atom is -0.317 e. The summed E-state index contributed by atoms with van der Waals surface area (Å²) in [6.45, 7) is 6.60. The highest BCUT2D eigenvalue weighted by atomic mass is 79.9. The van der Waals surface area contributed by atoms with Gasteiger partial charge in [-0.2, -0.15) is 0 Å². The van der Waals surface area contributed by atoms with E-state index in [1.54, 1.807) is 0 Å². The van der Waals surface area contributed by atoms with Crippen LogP contribution in [-0.4, -0.2) is 18.1 Å². The highest BCUT2D eigenvalue weighted by molar-refractivity contribution is 9.10. The number of halogens is 1. The maximum absolute atomic E-state index is 4.16. The number of rotatable bonds is 6. The SMILES string of the molecule is CCNCC(C)CCc1cncc(Br)c1. The van der Waals surface area contributed by atoms with E-state index in [1.165, 1.54) is 12.0 Å². The van der Waals surface area contributed by atoms with Gasteiger partial charge in [0.15, 0.2) is 0 Å². The van der Waals surface area contributed by atoms with Crippen molar-refractivity contribution in [1.29, 1.82) is 0 Å². The van der Waals surface area contributed by atoms with Gasteiger partial charge in [0, 0.05) is 16.9 Å². The fourth-order valence-electron chi connectivity index (χ4n) is 1.50. The Labute approximate surface area is 101 Å². The van der Waals surface area contributed by atoms with Crippen LogP contribution in [0.15, 0.2) is 22.9 Å². The first-order valence-corrected chi connectivity index (χ1v) is 6.31. The lowest BCUT2D eigenvalue weighted by Crippen LogP contribution is -2.20. The van der Waals surface area contributed by atoms with Gasteiger partial charge in [-0.25, -0.2) is 0 Å². The molecule has 0 saturated carbocycles. The van der Waals surface area contributed by atoms with Crippen molar-refractivity contribution in [2.45, 2.75) is 26.7 Å². The van der Waals surface area contributed by atoms with Crippen LogP contribution in [0.4, 0.5) is 0 Å². The Balaban J connectivity index is 2.30. The van der Waals surface area contributed by atoms with Crippen LogP contribution in [0, 0.1) is 5.92 Å². The molecule has 0 fully saturated rings. The molecule has 0 aliphatic carbocycles. The van der Waals surface area contributed by atoms with E-state index in [0.29, 0.717) is 0 Å². The van der Waals surface area contributed by atoms with Crippen molar-refractivity contribution < 1.29 is 0 Å². The maximum Gasteiger partial charge on any atom is 0.0410 e. The molecule has 0 aliphatic rings. The van der Waals surface area contributed by atoms with Crippen molar-refractivity contribution in [2.75, 3.05) is 13.1 Å². The smallest absolute Gasteiger partial charge is 0.0410 e.